The molecular weight excluding hydrogens is 392 g/mol. The fraction of sp³-hybridized carbons (Fsp3) is 0.222. The second-order valence-electron chi connectivity index (χ2n) is 5.98. The smallest absolute Gasteiger partial charge is 0.345 e. The number of methoxy groups -OCH3 is 1. The predicted octanol–water partition coefficient (Wildman–Crippen LogP) is 2.01. The van der Waals surface area contributed by atoms with Crippen LogP contribution in [0.5, 0.6) is 5.75 Å². The van der Waals surface area contributed by atoms with Crippen LogP contribution in [0.2, 0.25) is 0 Å². The molecule has 152 valence electrons. The van der Waals surface area contributed by atoms with Gasteiger partial charge in [0.2, 0.25) is 5.95 Å². The van der Waals surface area contributed by atoms with Crippen LogP contribution >= 0.6 is 11.9 Å². The van der Waals surface area contributed by atoms with Gasteiger partial charge in [0, 0.05) is 25.2 Å². The summed E-state index contributed by atoms with van der Waals surface area (Å²) in [4.78, 5) is 22.5. The highest BCUT2D eigenvalue weighted by molar-refractivity contribution is 7.96. The first kappa shape index (κ1) is 20.3. The van der Waals surface area contributed by atoms with Gasteiger partial charge in [0.15, 0.2) is 0 Å². The van der Waals surface area contributed by atoms with Crippen molar-refractivity contribution in [3.05, 3.63) is 47.9 Å². The average Bonchev–Trinajstić information content (AvgIpc) is 3.14. The zero-order valence-electron chi connectivity index (χ0n) is 16.3. The van der Waals surface area contributed by atoms with E-state index in [0.717, 1.165) is 33.5 Å². The van der Waals surface area contributed by atoms with E-state index in [0.29, 0.717) is 24.0 Å². The third-order valence-electron chi connectivity index (χ3n) is 3.99. The molecule has 11 heteroatoms. The summed E-state index contributed by atoms with van der Waals surface area (Å²) < 4.78 is 6.25. The Morgan fingerprint density at radius 2 is 2.17 bits per heavy atom. The van der Waals surface area contributed by atoms with E-state index in [1.165, 1.54) is 6.21 Å². The molecule has 0 fully saturated rings. The molecule has 29 heavy (non-hydrogen) atoms. The summed E-state index contributed by atoms with van der Waals surface area (Å²) in [5.41, 5.74) is 8.24. The quantitative estimate of drug-likeness (QED) is 0.357. The lowest BCUT2D eigenvalue weighted by Gasteiger charge is -2.16. The summed E-state index contributed by atoms with van der Waals surface area (Å²) in [5.74, 6) is 1.15. The molecule has 4 N–H and O–H groups in total. The van der Waals surface area contributed by atoms with Crippen LogP contribution < -0.4 is 21.1 Å². The number of nitrogens with two attached hydrogens (primary N) is 1. The molecule has 0 saturated heterocycles. The number of urea groups is 1. The van der Waals surface area contributed by atoms with Crippen LogP contribution in [0.4, 0.5) is 16.4 Å². The molecule has 0 bridgehead atoms. The van der Waals surface area contributed by atoms with Gasteiger partial charge < -0.3 is 26.0 Å². The van der Waals surface area contributed by atoms with Crippen molar-refractivity contribution in [1.29, 1.82) is 0 Å². The van der Waals surface area contributed by atoms with E-state index in [4.69, 9.17) is 10.5 Å². The number of hydrogen-bond donors (Lipinski definition) is 3. The zero-order valence-corrected chi connectivity index (χ0v) is 17.1. The van der Waals surface area contributed by atoms with Gasteiger partial charge in [-0.3, -0.25) is 0 Å². The van der Waals surface area contributed by atoms with Crippen LogP contribution in [0.15, 0.2) is 41.6 Å². The fourth-order valence-electron chi connectivity index (χ4n) is 2.57. The molecule has 1 aliphatic heterocycles. The minimum atomic E-state index is -0.665. The van der Waals surface area contributed by atoms with Crippen LogP contribution in [0.25, 0.3) is 5.70 Å². The SMILES string of the molecule is COc1ccc(Nc2nc(/C=N/N(SC)C(N)=O)cc(C3=CNCN3C)n2)cc1. The lowest BCUT2D eigenvalue weighted by Crippen LogP contribution is -2.25. The van der Waals surface area contributed by atoms with E-state index in [-0.39, 0.29) is 0 Å². The van der Waals surface area contributed by atoms with Crippen LogP contribution in [-0.2, 0) is 0 Å². The van der Waals surface area contributed by atoms with Crippen molar-refractivity contribution < 1.29 is 9.53 Å². The van der Waals surface area contributed by atoms with E-state index in [1.54, 1.807) is 19.4 Å². The Labute approximate surface area is 173 Å². The summed E-state index contributed by atoms with van der Waals surface area (Å²) in [6, 6.07) is 8.55. The number of hydrazone groups is 1. The Morgan fingerprint density at radius 1 is 1.41 bits per heavy atom. The molecule has 0 unspecified atom stereocenters. The third-order valence-corrected chi connectivity index (χ3v) is 4.61. The molecule has 0 radical (unpaired) electrons. The average molecular weight is 414 g/mol. The Bertz CT molecular complexity index is 932. The Kier molecular flexibility index (Phi) is 6.39. The highest BCUT2D eigenvalue weighted by Gasteiger charge is 2.16. The van der Waals surface area contributed by atoms with Crippen molar-refractivity contribution in [2.24, 2.45) is 10.8 Å². The maximum absolute atomic E-state index is 11.4. The molecule has 1 aliphatic rings. The van der Waals surface area contributed by atoms with Crippen molar-refractivity contribution in [2.45, 2.75) is 0 Å². The molecule has 0 aliphatic carbocycles. The second-order valence-corrected chi connectivity index (χ2v) is 6.69. The van der Waals surface area contributed by atoms with E-state index >= 15 is 0 Å². The van der Waals surface area contributed by atoms with Gasteiger partial charge in [-0.15, -0.1) is 0 Å². The van der Waals surface area contributed by atoms with Crippen molar-refractivity contribution in [1.82, 2.24) is 24.6 Å². The number of ether oxygens (including phenoxy) is 1. The highest BCUT2D eigenvalue weighted by atomic mass is 32.2. The van der Waals surface area contributed by atoms with Gasteiger partial charge in [-0.2, -0.15) is 9.52 Å². The molecule has 1 aromatic heterocycles. The summed E-state index contributed by atoms with van der Waals surface area (Å²) in [6.07, 6.45) is 5.06. The molecule has 0 saturated carbocycles. The maximum Gasteiger partial charge on any atom is 0.345 e. The number of carbonyl (C=O) groups excluding carboxylic acids is 1. The molecule has 0 spiro atoms. The summed E-state index contributed by atoms with van der Waals surface area (Å²) >= 11 is 1.10. The molecule has 2 aromatic rings. The number of nitrogens with one attached hydrogen (secondary N) is 2. The predicted molar refractivity (Wildman–Crippen MR) is 115 cm³/mol. The zero-order chi connectivity index (χ0) is 20.8. The monoisotopic (exact) mass is 414 g/mol. The van der Waals surface area contributed by atoms with Gasteiger partial charge in [-0.1, -0.05) is 0 Å². The number of carbonyl (C=O) groups is 1. The van der Waals surface area contributed by atoms with Crippen LogP contribution in [0.1, 0.15) is 11.4 Å². The number of hydrogen-bond acceptors (Lipinski definition) is 9. The van der Waals surface area contributed by atoms with Crippen LogP contribution in [-0.4, -0.2) is 58.6 Å². The van der Waals surface area contributed by atoms with E-state index in [9.17, 15) is 4.79 Å². The van der Waals surface area contributed by atoms with Crippen molar-refractivity contribution >= 4 is 41.5 Å². The molecule has 1 aromatic carbocycles. The van der Waals surface area contributed by atoms with Gasteiger partial charge in [-0.25, -0.2) is 14.8 Å². The van der Waals surface area contributed by atoms with Gasteiger partial charge in [0.1, 0.15) is 5.75 Å². The van der Waals surface area contributed by atoms with E-state index in [2.05, 4.69) is 25.7 Å². The van der Waals surface area contributed by atoms with E-state index < -0.39 is 6.03 Å². The number of anilines is 2. The fourth-order valence-corrected chi connectivity index (χ4v) is 2.89. The molecule has 2 heterocycles. The Hall–Kier alpha value is -3.47. The van der Waals surface area contributed by atoms with Gasteiger partial charge >= 0.3 is 6.03 Å². The molecule has 0 atom stereocenters. The van der Waals surface area contributed by atoms with Crippen molar-refractivity contribution in [3.63, 3.8) is 0 Å². The number of rotatable bonds is 7. The van der Waals surface area contributed by atoms with Gasteiger partial charge in [0.05, 0.1) is 37.1 Å². The largest absolute Gasteiger partial charge is 0.497 e. The lowest BCUT2D eigenvalue weighted by atomic mass is 10.2. The van der Waals surface area contributed by atoms with Gasteiger partial charge in [-0.05, 0) is 42.3 Å². The Morgan fingerprint density at radius 3 is 2.76 bits per heavy atom. The first-order valence-corrected chi connectivity index (χ1v) is 9.81. The highest BCUT2D eigenvalue weighted by Crippen LogP contribution is 2.22. The second kappa shape index (κ2) is 9.15. The Balaban J connectivity index is 1.93. The molecule has 2 amide bonds. The topological polar surface area (TPSA) is 121 Å². The number of primary amides is 1. The minimum absolute atomic E-state index is 0.394. The van der Waals surface area contributed by atoms with Gasteiger partial charge in [0.25, 0.3) is 0 Å². The molecular formula is C18H22N8O2S. The maximum atomic E-state index is 11.4. The summed E-state index contributed by atoms with van der Waals surface area (Å²) in [7, 11) is 3.57. The number of nitrogens with zero attached hydrogens (tertiary/aromatic N) is 5. The number of benzene rings is 1. The standard InChI is InChI=1S/C18H22N8O2S/c1-25-11-20-10-16(25)15-8-13(9-21-26(29-3)17(19)27)23-18(24-15)22-12-4-6-14(28-2)7-5-12/h4-10,20H,11H2,1-3H3,(H2,19,27)(H,22,23,24)/b21-9+. The first-order valence-electron chi connectivity index (χ1n) is 8.63. The minimum Gasteiger partial charge on any atom is -0.497 e. The third kappa shape index (κ3) is 5.08. The number of amides is 2. The summed E-state index contributed by atoms with van der Waals surface area (Å²) in [5, 5.41) is 10.4. The lowest BCUT2D eigenvalue weighted by molar-refractivity contribution is 0.236. The summed E-state index contributed by atoms with van der Waals surface area (Å²) in [6.45, 7) is 0.686. The molecule has 3 rings (SSSR count). The van der Waals surface area contributed by atoms with Crippen molar-refractivity contribution in [3.8, 4) is 5.75 Å². The van der Waals surface area contributed by atoms with E-state index in [1.807, 2.05) is 42.4 Å². The van der Waals surface area contributed by atoms with Crippen molar-refractivity contribution in [2.75, 3.05) is 32.4 Å². The first-order chi connectivity index (χ1) is 14.0. The van der Waals surface area contributed by atoms with Crippen LogP contribution in [0.3, 0.4) is 0 Å². The van der Waals surface area contributed by atoms with Crippen LogP contribution in [0, 0.1) is 0 Å². The molecule has 10 nitrogen and oxygen atoms in total. The normalized spacial score (nSPS) is 13.2. The number of aromatic nitrogens is 2.